The van der Waals surface area contributed by atoms with Gasteiger partial charge in [0.05, 0.1) is 4.88 Å². The van der Waals surface area contributed by atoms with Gasteiger partial charge in [-0.3, -0.25) is 9.59 Å². The van der Waals surface area contributed by atoms with Crippen LogP contribution in [-0.4, -0.2) is 46.4 Å². The Morgan fingerprint density at radius 2 is 2.21 bits per heavy atom. The zero-order valence-electron chi connectivity index (χ0n) is 13.9. The van der Waals surface area contributed by atoms with E-state index >= 15 is 0 Å². The second kappa shape index (κ2) is 8.82. The molecule has 1 aliphatic heterocycles. The SMILES string of the molecule is CCCCC(NC(=O)C1CCCCN1C(=O)c1cccs1)C(=O)O. The van der Waals surface area contributed by atoms with Crippen LogP contribution in [-0.2, 0) is 9.59 Å². The first-order valence-electron chi connectivity index (χ1n) is 8.42. The van der Waals surface area contributed by atoms with Crippen molar-refractivity contribution in [1.29, 1.82) is 0 Å². The predicted molar refractivity (Wildman–Crippen MR) is 92.1 cm³/mol. The number of nitrogens with zero attached hydrogens (tertiary/aromatic N) is 1. The van der Waals surface area contributed by atoms with Gasteiger partial charge in [-0.2, -0.15) is 0 Å². The molecule has 24 heavy (non-hydrogen) atoms. The first kappa shape index (κ1) is 18.4. The van der Waals surface area contributed by atoms with E-state index in [2.05, 4.69) is 5.32 Å². The number of nitrogens with one attached hydrogen (secondary N) is 1. The highest BCUT2D eigenvalue weighted by Gasteiger charge is 2.34. The number of carbonyl (C=O) groups is 3. The summed E-state index contributed by atoms with van der Waals surface area (Å²) in [5.41, 5.74) is 0. The van der Waals surface area contributed by atoms with E-state index in [0.29, 0.717) is 24.3 Å². The van der Waals surface area contributed by atoms with Crippen LogP contribution in [0.2, 0.25) is 0 Å². The van der Waals surface area contributed by atoms with Crippen molar-refractivity contribution in [2.24, 2.45) is 0 Å². The normalized spacial score (nSPS) is 18.9. The maximum atomic E-state index is 12.6. The van der Waals surface area contributed by atoms with Gasteiger partial charge in [0.2, 0.25) is 5.91 Å². The predicted octanol–water partition coefficient (Wildman–Crippen LogP) is 2.50. The fraction of sp³-hybridized carbons (Fsp3) is 0.588. The Kier molecular flexibility index (Phi) is 6.78. The van der Waals surface area contributed by atoms with Crippen molar-refractivity contribution in [3.63, 3.8) is 0 Å². The molecule has 0 bridgehead atoms. The lowest BCUT2D eigenvalue weighted by atomic mass is 10.00. The number of piperidine rings is 1. The Hall–Kier alpha value is -1.89. The average Bonchev–Trinajstić information content (AvgIpc) is 3.12. The van der Waals surface area contributed by atoms with Crippen molar-refractivity contribution < 1.29 is 19.5 Å². The van der Waals surface area contributed by atoms with Crippen LogP contribution < -0.4 is 5.32 Å². The molecule has 2 atom stereocenters. The van der Waals surface area contributed by atoms with Gasteiger partial charge in [0.1, 0.15) is 12.1 Å². The lowest BCUT2D eigenvalue weighted by Gasteiger charge is -2.35. The summed E-state index contributed by atoms with van der Waals surface area (Å²) in [5, 5.41) is 13.7. The molecule has 1 saturated heterocycles. The van der Waals surface area contributed by atoms with E-state index in [4.69, 9.17) is 0 Å². The molecule has 132 valence electrons. The number of likely N-dealkylation sites (tertiary alicyclic amines) is 1. The van der Waals surface area contributed by atoms with Crippen molar-refractivity contribution in [2.45, 2.75) is 57.5 Å². The largest absolute Gasteiger partial charge is 0.480 e. The van der Waals surface area contributed by atoms with Crippen molar-refractivity contribution in [2.75, 3.05) is 6.54 Å². The second-order valence-corrected chi connectivity index (χ2v) is 6.98. The molecular weight excluding hydrogens is 328 g/mol. The van der Waals surface area contributed by atoms with Gasteiger partial charge in [0.25, 0.3) is 5.91 Å². The fourth-order valence-corrected chi connectivity index (χ4v) is 3.60. The molecule has 0 aromatic carbocycles. The molecule has 1 aliphatic rings. The number of amides is 2. The molecule has 2 rings (SSSR count). The summed E-state index contributed by atoms with van der Waals surface area (Å²) >= 11 is 1.35. The number of carbonyl (C=O) groups excluding carboxylic acids is 2. The van der Waals surface area contributed by atoms with Crippen molar-refractivity contribution >= 4 is 29.1 Å². The smallest absolute Gasteiger partial charge is 0.326 e. The van der Waals surface area contributed by atoms with Crippen LogP contribution in [0.1, 0.15) is 55.1 Å². The van der Waals surface area contributed by atoms with Gasteiger partial charge >= 0.3 is 5.97 Å². The summed E-state index contributed by atoms with van der Waals surface area (Å²) in [4.78, 5) is 38.7. The second-order valence-electron chi connectivity index (χ2n) is 6.03. The quantitative estimate of drug-likeness (QED) is 0.789. The standard InChI is InChI=1S/C17H24N2O4S/c1-2-3-7-12(17(22)23)18-15(20)13-8-4-5-10-19(13)16(21)14-9-6-11-24-14/h6,9,11-13H,2-5,7-8,10H2,1H3,(H,18,20)(H,22,23). The molecule has 2 N–H and O–H groups in total. The minimum Gasteiger partial charge on any atom is -0.480 e. The van der Waals surface area contributed by atoms with E-state index in [1.54, 1.807) is 11.0 Å². The maximum absolute atomic E-state index is 12.6. The molecule has 0 aliphatic carbocycles. The lowest BCUT2D eigenvalue weighted by molar-refractivity contribution is -0.143. The Morgan fingerprint density at radius 3 is 2.83 bits per heavy atom. The average molecular weight is 352 g/mol. The number of unbranched alkanes of at least 4 members (excludes halogenated alkanes) is 1. The van der Waals surface area contributed by atoms with E-state index in [1.165, 1.54) is 11.3 Å². The molecule has 1 aromatic rings. The van der Waals surface area contributed by atoms with Gasteiger partial charge in [-0.05, 0) is 37.1 Å². The van der Waals surface area contributed by atoms with Crippen LogP contribution in [0.15, 0.2) is 17.5 Å². The lowest BCUT2D eigenvalue weighted by Crippen LogP contribution is -2.54. The molecule has 0 saturated carbocycles. The van der Waals surface area contributed by atoms with E-state index in [0.717, 1.165) is 25.7 Å². The van der Waals surface area contributed by atoms with Gasteiger partial charge in [0, 0.05) is 6.54 Å². The number of carboxylic acid groups (broad SMARTS) is 1. The van der Waals surface area contributed by atoms with Crippen LogP contribution in [0.5, 0.6) is 0 Å². The minimum absolute atomic E-state index is 0.148. The summed E-state index contributed by atoms with van der Waals surface area (Å²) in [6, 6.07) is 2.08. The number of carboxylic acids is 1. The Morgan fingerprint density at radius 1 is 1.42 bits per heavy atom. The topological polar surface area (TPSA) is 86.7 Å². The van der Waals surface area contributed by atoms with Crippen LogP contribution in [0, 0.1) is 0 Å². The molecule has 0 spiro atoms. The number of hydrogen-bond acceptors (Lipinski definition) is 4. The molecule has 7 heteroatoms. The summed E-state index contributed by atoms with van der Waals surface area (Å²) in [7, 11) is 0. The highest BCUT2D eigenvalue weighted by Crippen LogP contribution is 2.22. The zero-order valence-corrected chi connectivity index (χ0v) is 14.7. The van der Waals surface area contributed by atoms with Crippen LogP contribution >= 0.6 is 11.3 Å². The fourth-order valence-electron chi connectivity index (χ4n) is 2.92. The van der Waals surface area contributed by atoms with E-state index in [-0.39, 0.29) is 11.8 Å². The first-order chi connectivity index (χ1) is 11.5. The summed E-state index contributed by atoms with van der Waals surface area (Å²) in [6.45, 7) is 2.50. The van der Waals surface area contributed by atoms with Crippen molar-refractivity contribution in [1.82, 2.24) is 10.2 Å². The number of aliphatic carboxylic acids is 1. The van der Waals surface area contributed by atoms with Gasteiger partial charge in [-0.1, -0.05) is 25.8 Å². The van der Waals surface area contributed by atoms with Crippen LogP contribution in [0.3, 0.4) is 0 Å². The van der Waals surface area contributed by atoms with E-state index < -0.39 is 18.1 Å². The molecule has 1 aromatic heterocycles. The van der Waals surface area contributed by atoms with Gasteiger partial charge in [0.15, 0.2) is 0 Å². The summed E-state index contributed by atoms with van der Waals surface area (Å²) in [6.07, 6.45) is 4.30. The third-order valence-electron chi connectivity index (χ3n) is 4.26. The number of rotatable bonds is 7. The van der Waals surface area contributed by atoms with Crippen LogP contribution in [0.4, 0.5) is 0 Å². The number of thiophene rings is 1. The Bertz CT molecular complexity index is 573. The van der Waals surface area contributed by atoms with E-state index in [9.17, 15) is 19.5 Å². The highest BCUT2D eigenvalue weighted by atomic mass is 32.1. The molecule has 2 amide bonds. The molecule has 0 radical (unpaired) electrons. The van der Waals surface area contributed by atoms with E-state index in [1.807, 2.05) is 18.4 Å². The molecule has 2 unspecified atom stereocenters. The molecule has 6 nitrogen and oxygen atoms in total. The molecule has 1 fully saturated rings. The summed E-state index contributed by atoms with van der Waals surface area (Å²) in [5.74, 6) is -1.53. The maximum Gasteiger partial charge on any atom is 0.326 e. The third-order valence-corrected chi connectivity index (χ3v) is 5.12. The summed E-state index contributed by atoms with van der Waals surface area (Å²) < 4.78 is 0. The first-order valence-corrected chi connectivity index (χ1v) is 9.30. The van der Waals surface area contributed by atoms with Gasteiger partial charge in [-0.15, -0.1) is 11.3 Å². The molecule has 2 heterocycles. The van der Waals surface area contributed by atoms with Crippen LogP contribution in [0.25, 0.3) is 0 Å². The van der Waals surface area contributed by atoms with Gasteiger partial charge < -0.3 is 15.3 Å². The van der Waals surface area contributed by atoms with Gasteiger partial charge in [-0.25, -0.2) is 4.79 Å². The molecular formula is C17H24N2O4S. The van der Waals surface area contributed by atoms with Crippen molar-refractivity contribution in [3.05, 3.63) is 22.4 Å². The Balaban J connectivity index is 2.07. The van der Waals surface area contributed by atoms with Crippen molar-refractivity contribution in [3.8, 4) is 0 Å². The zero-order chi connectivity index (χ0) is 17.5. The highest BCUT2D eigenvalue weighted by molar-refractivity contribution is 7.12. The number of hydrogen-bond donors (Lipinski definition) is 2. The Labute approximate surface area is 145 Å². The third kappa shape index (κ3) is 4.56. The monoisotopic (exact) mass is 352 g/mol. The minimum atomic E-state index is -1.02.